The van der Waals surface area contributed by atoms with E-state index in [9.17, 15) is 4.79 Å². The molecule has 3 aromatic rings. The Morgan fingerprint density at radius 2 is 1.87 bits per heavy atom. The van der Waals surface area contributed by atoms with Gasteiger partial charge < -0.3 is 24.4 Å². The highest BCUT2D eigenvalue weighted by molar-refractivity contribution is 6.01. The Labute approximate surface area is 179 Å². The molecule has 0 saturated heterocycles. The van der Waals surface area contributed by atoms with Crippen molar-refractivity contribution in [2.24, 2.45) is 0 Å². The van der Waals surface area contributed by atoms with Crippen molar-refractivity contribution in [3.05, 3.63) is 83.4 Å². The summed E-state index contributed by atoms with van der Waals surface area (Å²) < 4.78 is 16.2. The molecule has 2 heterocycles. The molecule has 154 valence electrons. The van der Waals surface area contributed by atoms with E-state index >= 15 is 0 Å². The molecule has 31 heavy (non-hydrogen) atoms. The van der Waals surface area contributed by atoms with Crippen LogP contribution in [0.3, 0.4) is 0 Å². The van der Waals surface area contributed by atoms with E-state index in [4.69, 9.17) is 19.5 Å². The quantitative estimate of drug-likeness (QED) is 0.679. The summed E-state index contributed by atoms with van der Waals surface area (Å²) in [4.78, 5) is 15.2. The Bertz CT molecular complexity index is 1170. The van der Waals surface area contributed by atoms with Gasteiger partial charge in [0.25, 0.3) is 5.91 Å². The van der Waals surface area contributed by atoms with Gasteiger partial charge in [-0.05, 0) is 47.5 Å². The Morgan fingerprint density at radius 1 is 1.06 bits per heavy atom. The standard InChI is InChI=1S/C24H19N3O4/c25-11-12-29-18-8-6-17(7-9-18)23-26-20-4-2-1-3-19(20)24(28)27(23)14-16-5-10-21-22(13-16)31-15-30-21/h1-10,13,23,26H,12,14-15H2/t23-/m1/s1. The highest BCUT2D eigenvalue weighted by Gasteiger charge is 2.33. The SMILES string of the molecule is N#CCOc1ccc([C@@H]2Nc3ccccc3C(=O)N2Cc2ccc3c(c2)OCO3)cc1. The minimum absolute atomic E-state index is 0.0108. The van der Waals surface area contributed by atoms with Crippen molar-refractivity contribution in [1.82, 2.24) is 4.90 Å². The number of anilines is 1. The normalized spacial score (nSPS) is 16.3. The van der Waals surface area contributed by atoms with Crippen molar-refractivity contribution in [1.29, 1.82) is 5.26 Å². The smallest absolute Gasteiger partial charge is 0.258 e. The number of rotatable bonds is 5. The molecule has 1 atom stereocenters. The molecular weight excluding hydrogens is 394 g/mol. The number of nitrogens with zero attached hydrogens (tertiary/aromatic N) is 2. The van der Waals surface area contributed by atoms with E-state index < -0.39 is 0 Å². The largest absolute Gasteiger partial charge is 0.479 e. The lowest BCUT2D eigenvalue weighted by Gasteiger charge is -2.38. The van der Waals surface area contributed by atoms with Crippen LogP contribution in [-0.4, -0.2) is 24.2 Å². The van der Waals surface area contributed by atoms with Crippen LogP contribution in [-0.2, 0) is 6.54 Å². The van der Waals surface area contributed by atoms with Crippen LogP contribution in [0.15, 0.2) is 66.7 Å². The van der Waals surface area contributed by atoms with Gasteiger partial charge in [0.2, 0.25) is 6.79 Å². The molecule has 2 aliphatic rings. The summed E-state index contributed by atoms with van der Waals surface area (Å²) in [7, 11) is 0. The van der Waals surface area contributed by atoms with Crippen molar-refractivity contribution < 1.29 is 19.0 Å². The van der Waals surface area contributed by atoms with Crippen molar-refractivity contribution in [3.8, 4) is 23.3 Å². The monoisotopic (exact) mass is 413 g/mol. The zero-order valence-electron chi connectivity index (χ0n) is 16.6. The summed E-state index contributed by atoms with van der Waals surface area (Å²) in [6.07, 6.45) is -0.363. The summed E-state index contributed by atoms with van der Waals surface area (Å²) in [6.45, 7) is 0.594. The second kappa shape index (κ2) is 7.92. The summed E-state index contributed by atoms with van der Waals surface area (Å²) in [5, 5.41) is 12.2. The van der Waals surface area contributed by atoms with E-state index in [0.717, 1.165) is 16.8 Å². The van der Waals surface area contributed by atoms with E-state index in [0.29, 0.717) is 29.4 Å². The predicted octanol–water partition coefficient (Wildman–Crippen LogP) is 4.08. The molecule has 7 heteroatoms. The first-order valence-corrected chi connectivity index (χ1v) is 9.88. The van der Waals surface area contributed by atoms with Gasteiger partial charge in [0, 0.05) is 12.2 Å². The molecule has 0 bridgehead atoms. The number of carbonyl (C=O) groups is 1. The summed E-state index contributed by atoms with van der Waals surface area (Å²) in [5.41, 5.74) is 3.28. The second-order valence-corrected chi connectivity index (χ2v) is 7.23. The number of hydrogen-bond acceptors (Lipinski definition) is 6. The lowest BCUT2D eigenvalue weighted by Crippen LogP contribution is -2.42. The van der Waals surface area contributed by atoms with Gasteiger partial charge in [0.1, 0.15) is 18.0 Å². The van der Waals surface area contributed by atoms with Crippen LogP contribution in [0.25, 0.3) is 0 Å². The van der Waals surface area contributed by atoms with Crippen molar-refractivity contribution in [3.63, 3.8) is 0 Å². The van der Waals surface area contributed by atoms with Gasteiger partial charge in [-0.15, -0.1) is 0 Å². The first-order chi connectivity index (χ1) is 15.2. The Kier molecular flexibility index (Phi) is 4.81. The van der Waals surface area contributed by atoms with E-state index in [1.54, 1.807) is 17.0 Å². The molecule has 0 aliphatic carbocycles. The summed E-state index contributed by atoms with van der Waals surface area (Å²) in [6, 6.07) is 22.6. The molecule has 0 aromatic heterocycles. The molecule has 0 fully saturated rings. The van der Waals surface area contributed by atoms with Gasteiger partial charge in [-0.25, -0.2) is 0 Å². The Hall–Kier alpha value is -4.18. The van der Waals surface area contributed by atoms with Gasteiger partial charge in [0.05, 0.1) is 5.56 Å². The van der Waals surface area contributed by atoms with Crippen LogP contribution in [0.4, 0.5) is 5.69 Å². The van der Waals surface area contributed by atoms with Crippen LogP contribution in [0.5, 0.6) is 17.2 Å². The number of para-hydroxylation sites is 1. The zero-order chi connectivity index (χ0) is 21.2. The maximum Gasteiger partial charge on any atom is 0.258 e. The Balaban J connectivity index is 1.48. The number of ether oxygens (including phenoxy) is 3. The lowest BCUT2D eigenvalue weighted by molar-refractivity contribution is 0.0666. The van der Waals surface area contributed by atoms with E-state index in [-0.39, 0.29) is 25.5 Å². The first-order valence-electron chi connectivity index (χ1n) is 9.88. The zero-order valence-corrected chi connectivity index (χ0v) is 16.6. The number of nitriles is 1. The van der Waals surface area contributed by atoms with Crippen molar-refractivity contribution >= 4 is 11.6 Å². The van der Waals surface area contributed by atoms with Gasteiger partial charge >= 0.3 is 0 Å². The lowest BCUT2D eigenvalue weighted by atomic mass is 10.0. The molecule has 0 saturated carbocycles. The van der Waals surface area contributed by atoms with Crippen LogP contribution < -0.4 is 19.5 Å². The molecule has 0 unspecified atom stereocenters. The third-order valence-electron chi connectivity index (χ3n) is 5.31. The van der Waals surface area contributed by atoms with E-state index in [1.165, 1.54) is 0 Å². The van der Waals surface area contributed by atoms with Crippen LogP contribution in [0, 0.1) is 11.3 Å². The average molecular weight is 413 g/mol. The molecule has 7 nitrogen and oxygen atoms in total. The van der Waals surface area contributed by atoms with Gasteiger partial charge in [0.15, 0.2) is 18.1 Å². The predicted molar refractivity (Wildman–Crippen MR) is 113 cm³/mol. The molecule has 0 radical (unpaired) electrons. The molecule has 5 rings (SSSR count). The fraction of sp³-hybridized carbons (Fsp3) is 0.167. The number of fused-ring (bicyclic) bond motifs is 2. The second-order valence-electron chi connectivity index (χ2n) is 7.23. The molecule has 1 amide bonds. The minimum Gasteiger partial charge on any atom is -0.479 e. The average Bonchev–Trinajstić information content (AvgIpc) is 3.28. The van der Waals surface area contributed by atoms with Crippen molar-refractivity contribution in [2.45, 2.75) is 12.7 Å². The van der Waals surface area contributed by atoms with Crippen molar-refractivity contribution in [2.75, 3.05) is 18.7 Å². The van der Waals surface area contributed by atoms with Gasteiger partial charge in [-0.1, -0.05) is 30.3 Å². The number of amides is 1. The summed E-state index contributed by atoms with van der Waals surface area (Å²) in [5.74, 6) is 1.95. The number of nitrogens with one attached hydrogen (secondary N) is 1. The molecular formula is C24H19N3O4. The summed E-state index contributed by atoms with van der Waals surface area (Å²) >= 11 is 0. The third-order valence-corrected chi connectivity index (χ3v) is 5.31. The molecule has 3 aromatic carbocycles. The van der Waals surface area contributed by atoms with E-state index in [2.05, 4.69) is 5.32 Å². The van der Waals surface area contributed by atoms with E-state index in [1.807, 2.05) is 60.7 Å². The number of benzene rings is 3. The third kappa shape index (κ3) is 3.60. The first kappa shape index (κ1) is 18.8. The molecule has 0 spiro atoms. The van der Waals surface area contributed by atoms with Crippen LogP contribution in [0.1, 0.15) is 27.7 Å². The maximum atomic E-state index is 13.4. The van der Waals surface area contributed by atoms with Crippen LogP contribution in [0.2, 0.25) is 0 Å². The fourth-order valence-electron chi connectivity index (χ4n) is 3.82. The van der Waals surface area contributed by atoms with Crippen LogP contribution >= 0.6 is 0 Å². The number of carbonyl (C=O) groups excluding carboxylic acids is 1. The minimum atomic E-state index is -0.363. The molecule has 2 aliphatic heterocycles. The van der Waals surface area contributed by atoms with Gasteiger partial charge in [-0.2, -0.15) is 5.26 Å². The topological polar surface area (TPSA) is 83.8 Å². The highest BCUT2D eigenvalue weighted by atomic mass is 16.7. The Morgan fingerprint density at radius 3 is 2.71 bits per heavy atom. The highest BCUT2D eigenvalue weighted by Crippen LogP contribution is 2.37. The molecule has 1 N–H and O–H groups in total. The number of hydrogen-bond donors (Lipinski definition) is 1. The fourth-order valence-corrected chi connectivity index (χ4v) is 3.82. The maximum absolute atomic E-state index is 13.4. The van der Waals surface area contributed by atoms with Gasteiger partial charge in [-0.3, -0.25) is 4.79 Å².